The van der Waals surface area contributed by atoms with Crippen LogP contribution in [0.1, 0.15) is 26.3 Å². The summed E-state index contributed by atoms with van der Waals surface area (Å²) in [6.07, 6.45) is 0. The van der Waals surface area contributed by atoms with Gasteiger partial charge >= 0.3 is 6.03 Å². The van der Waals surface area contributed by atoms with Crippen LogP contribution >= 0.6 is 11.6 Å². The molecule has 6 nitrogen and oxygen atoms in total. The Morgan fingerprint density at radius 3 is 2.43 bits per heavy atom. The molecular weight excluding hydrogens is 318 g/mol. The largest absolute Gasteiger partial charge is 0.342 e. The molecule has 1 atom stereocenters. The van der Waals surface area contributed by atoms with E-state index in [1.54, 1.807) is 36.1 Å². The number of carbonyl (C=O) groups excluding carboxylic acids is 3. The summed E-state index contributed by atoms with van der Waals surface area (Å²) < 4.78 is 0. The number of hydrogen-bond acceptors (Lipinski definition) is 3. The summed E-state index contributed by atoms with van der Waals surface area (Å²) in [5.41, 5.74) is -0.753. The molecule has 0 radical (unpaired) electrons. The summed E-state index contributed by atoms with van der Waals surface area (Å²) in [6, 6.07) is 6.26. The Morgan fingerprint density at radius 1 is 1.26 bits per heavy atom. The lowest BCUT2D eigenvalue weighted by Crippen LogP contribution is -2.44. The van der Waals surface area contributed by atoms with Crippen molar-refractivity contribution in [1.29, 1.82) is 0 Å². The van der Waals surface area contributed by atoms with Gasteiger partial charge in [-0.05, 0) is 26.8 Å². The van der Waals surface area contributed by atoms with Crippen LogP contribution in [0.15, 0.2) is 24.3 Å². The lowest BCUT2D eigenvalue weighted by atomic mass is 9.92. The van der Waals surface area contributed by atoms with Crippen molar-refractivity contribution in [3.63, 3.8) is 0 Å². The van der Waals surface area contributed by atoms with Crippen LogP contribution in [0.5, 0.6) is 0 Å². The second-order valence-electron chi connectivity index (χ2n) is 5.49. The molecule has 1 aromatic carbocycles. The maximum Gasteiger partial charge on any atom is 0.325 e. The van der Waals surface area contributed by atoms with Gasteiger partial charge in [-0.2, -0.15) is 0 Å². The van der Waals surface area contributed by atoms with Crippen molar-refractivity contribution >= 4 is 29.4 Å². The monoisotopic (exact) mass is 337 g/mol. The van der Waals surface area contributed by atoms with Crippen molar-refractivity contribution in [3.05, 3.63) is 34.9 Å². The van der Waals surface area contributed by atoms with Crippen LogP contribution in [-0.2, 0) is 15.1 Å². The summed E-state index contributed by atoms with van der Waals surface area (Å²) in [5.74, 6) is -0.738. The molecule has 1 N–H and O–H groups in total. The van der Waals surface area contributed by atoms with Gasteiger partial charge in [-0.25, -0.2) is 4.79 Å². The van der Waals surface area contributed by atoms with E-state index in [-0.39, 0.29) is 12.5 Å². The highest BCUT2D eigenvalue weighted by molar-refractivity contribution is 6.32. The van der Waals surface area contributed by atoms with E-state index in [1.807, 2.05) is 13.8 Å². The number of likely N-dealkylation sites (N-methyl/N-ethyl adjacent to an activating group) is 1. The molecule has 0 spiro atoms. The van der Waals surface area contributed by atoms with Crippen molar-refractivity contribution in [1.82, 2.24) is 15.1 Å². The highest BCUT2D eigenvalue weighted by Gasteiger charge is 2.50. The third kappa shape index (κ3) is 3.03. The third-order valence-electron chi connectivity index (χ3n) is 4.10. The Kier molecular flexibility index (Phi) is 4.94. The highest BCUT2D eigenvalue weighted by atomic mass is 35.5. The Morgan fingerprint density at radius 2 is 1.87 bits per heavy atom. The molecule has 1 saturated heterocycles. The van der Waals surface area contributed by atoms with E-state index in [9.17, 15) is 14.4 Å². The van der Waals surface area contributed by atoms with Gasteiger partial charge in [0.05, 0.1) is 0 Å². The normalized spacial score (nSPS) is 20.6. The van der Waals surface area contributed by atoms with E-state index < -0.39 is 17.5 Å². The van der Waals surface area contributed by atoms with Crippen LogP contribution in [0, 0.1) is 0 Å². The van der Waals surface area contributed by atoms with Gasteiger partial charge < -0.3 is 10.2 Å². The van der Waals surface area contributed by atoms with E-state index in [1.165, 1.54) is 0 Å². The number of urea groups is 1. The Labute approximate surface area is 140 Å². The average molecular weight is 338 g/mol. The first-order valence-electron chi connectivity index (χ1n) is 7.52. The highest BCUT2D eigenvalue weighted by Crippen LogP contribution is 2.33. The number of rotatable bonds is 5. The molecule has 4 amide bonds. The number of amides is 4. The van der Waals surface area contributed by atoms with Crippen molar-refractivity contribution < 1.29 is 14.4 Å². The Bertz CT molecular complexity index is 645. The molecule has 0 saturated carbocycles. The first-order valence-corrected chi connectivity index (χ1v) is 7.89. The molecule has 23 heavy (non-hydrogen) atoms. The van der Waals surface area contributed by atoms with Gasteiger partial charge in [0, 0.05) is 23.7 Å². The molecule has 7 heteroatoms. The maximum atomic E-state index is 12.7. The maximum absolute atomic E-state index is 12.7. The molecule has 0 bridgehead atoms. The van der Waals surface area contributed by atoms with Crippen LogP contribution in [0.2, 0.25) is 5.02 Å². The number of nitrogens with zero attached hydrogens (tertiary/aromatic N) is 2. The van der Waals surface area contributed by atoms with Gasteiger partial charge in [-0.1, -0.05) is 29.8 Å². The summed E-state index contributed by atoms with van der Waals surface area (Å²) in [4.78, 5) is 39.7. The Hall–Kier alpha value is -2.08. The number of hydrogen-bond donors (Lipinski definition) is 1. The second kappa shape index (κ2) is 6.58. The minimum atomic E-state index is -1.26. The average Bonchev–Trinajstić information content (AvgIpc) is 2.73. The zero-order chi connectivity index (χ0) is 17.2. The van der Waals surface area contributed by atoms with Crippen molar-refractivity contribution in [2.75, 3.05) is 19.6 Å². The lowest BCUT2D eigenvalue weighted by molar-refractivity contribution is -0.138. The van der Waals surface area contributed by atoms with Gasteiger partial charge in [0.2, 0.25) is 5.91 Å². The first kappa shape index (κ1) is 17.3. The smallest absolute Gasteiger partial charge is 0.325 e. The number of imide groups is 1. The number of nitrogens with one attached hydrogen (secondary N) is 1. The third-order valence-corrected chi connectivity index (χ3v) is 4.43. The molecule has 0 aromatic heterocycles. The summed E-state index contributed by atoms with van der Waals surface area (Å²) >= 11 is 6.16. The van der Waals surface area contributed by atoms with E-state index >= 15 is 0 Å². The van der Waals surface area contributed by atoms with Gasteiger partial charge in [-0.3, -0.25) is 14.5 Å². The molecule has 1 aliphatic heterocycles. The summed E-state index contributed by atoms with van der Waals surface area (Å²) in [5, 5.41) is 3.04. The van der Waals surface area contributed by atoms with Crippen LogP contribution in [0.3, 0.4) is 0 Å². The van der Waals surface area contributed by atoms with Gasteiger partial charge in [0.25, 0.3) is 5.91 Å². The molecule has 0 unspecified atom stereocenters. The minimum Gasteiger partial charge on any atom is -0.342 e. The topological polar surface area (TPSA) is 69.7 Å². The number of carbonyl (C=O) groups is 3. The van der Waals surface area contributed by atoms with Crippen LogP contribution < -0.4 is 5.32 Å². The van der Waals surface area contributed by atoms with Gasteiger partial charge in [-0.15, -0.1) is 0 Å². The Balaban J connectivity index is 2.27. The molecule has 2 rings (SSSR count). The zero-order valence-electron chi connectivity index (χ0n) is 13.4. The molecule has 1 heterocycles. The van der Waals surface area contributed by atoms with Crippen molar-refractivity contribution in [3.8, 4) is 0 Å². The lowest BCUT2D eigenvalue weighted by Gasteiger charge is -2.24. The predicted molar refractivity (Wildman–Crippen MR) is 87.0 cm³/mol. The second-order valence-corrected chi connectivity index (χ2v) is 5.90. The first-order chi connectivity index (χ1) is 10.8. The van der Waals surface area contributed by atoms with Gasteiger partial charge in [0.1, 0.15) is 12.1 Å². The van der Waals surface area contributed by atoms with Crippen LogP contribution in [-0.4, -0.2) is 47.3 Å². The standard InChI is InChI=1S/C16H20ClN3O3/c1-4-19(5-2)13(21)10-20-14(22)16(3,18-15(20)23)11-8-6-7-9-12(11)17/h6-9H,4-5,10H2,1-3H3,(H,18,23)/t16-/m0/s1. The number of halogens is 1. The molecule has 124 valence electrons. The van der Waals surface area contributed by atoms with E-state index in [2.05, 4.69) is 5.32 Å². The molecular formula is C16H20ClN3O3. The van der Waals surface area contributed by atoms with E-state index in [4.69, 9.17) is 11.6 Å². The van der Waals surface area contributed by atoms with E-state index in [0.29, 0.717) is 23.7 Å². The summed E-state index contributed by atoms with van der Waals surface area (Å²) in [7, 11) is 0. The zero-order valence-corrected chi connectivity index (χ0v) is 14.2. The molecule has 0 aliphatic carbocycles. The molecule has 1 fully saturated rings. The summed E-state index contributed by atoms with van der Waals surface area (Å²) in [6.45, 7) is 6.08. The fourth-order valence-corrected chi connectivity index (χ4v) is 3.03. The molecule has 1 aromatic rings. The number of benzene rings is 1. The molecule has 1 aliphatic rings. The van der Waals surface area contributed by atoms with Crippen molar-refractivity contribution in [2.24, 2.45) is 0 Å². The fraction of sp³-hybridized carbons (Fsp3) is 0.438. The van der Waals surface area contributed by atoms with Crippen LogP contribution in [0.25, 0.3) is 0 Å². The quantitative estimate of drug-likeness (QED) is 0.835. The minimum absolute atomic E-state index is 0.262. The van der Waals surface area contributed by atoms with E-state index in [0.717, 1.165) is 4.90 Å². The predicted octanol–water partition coefficient (Wildman–Crippen LogP) is 1.98. The SMILES string of the molecule is CCN(CC)C(=O)CN1C(=O)N[C@@](C)(c2ccccc2Cl)C1=O. The van der Waals surface area contributed by atoms with Crippen LogP contribution in [0.4, 0.5) is 4.79 Å². The fourth-order valence-electron chi connectivity index (χ4n) is 2.70. The van der Waals surface area contributed by atoms with Gasteiger partial charge in [0.15, 0.2) is 0 Å². The van der Waals surface area contributed by atoms with Crippen molar-refractivity contribution in [2.45, 2.75) is 26.3 Å².